The second kappa shape index (κ2) is 6.95. The van der Waals surface area contributed by atoms with Crippen LogP contribution in [0.4, 0.5) is 0 Å². The van der Waals surface area contributed by atoms with E-state index in [1.165, 1.54) is 28.6 Å². The van der Waals surface area contributed by atoms with Crippen LogP contribution in [0.15, 0.2) is 48.8 Å². The number of aryl methyl sites for hydroxylation is 2. The molecule has 3 nitrogen and oxygen atoms in total. The van der Waals surface area contributed by atoms with Gasteiger partial charge in [0.2, 0.25) is 0 Å². The Morgan fingerprint density at radius 1 is 1.19 bits per heavy atom. The predicted octanol–water partition coefficient (Wildman–Crippen LogP) is 5.57. The summed E-state index contributed by atoms with van der Waals surface area (Å²) in [6.45, 7) is 4.06. The quantitative estimate of drug-likeness (QED) is 0.576. The number of Topliss-reactive ketones (excluding diaryl/α,β-unsaturated/α-hetero) is 1. The number of ketones is 1. The van der Waals surface area contributed by atoms with Crippen LogP contribution in [0, 0.1) is 11.3 Å². The van der Waals surface area contributed by atoms with Crippen LogP contribution in [-0.4, -0.2) is 15.3 Å². The number of fused-ring (bicyclic) bond motifs is 1. The Morgan fingerprint density at radius 2 is 1.96 bits per heavy atom. The molecule has 3 aromatic rings. The van der Waals surface area contributed by atoms with Crippen LogP contribution in [-0.2, 0) is 18.3 Å². The lowest BCUT2D eigenvalue weighted by molar-refractivity contribution is -0.137. The molecule has 2 heterocycles. The Labute approximate surface area is 161 Å². The standard InChI is InChI=1S/C24H28N2O/c1-17(2)23(27)24(10-6-11-24)12-9-18-13-20(16-25-15-18)22-14-19-7-4-5-8-21(19)26(22)3/h4-5,7-8,13-17H,6,9-12H2,1-3H3. The fourth-order valence-corrected chi connectivity index (χ4v) is 4.55. The van der Waals surface area contributed by atoms with Gasteiger partial charge in [0.05, 0.1) is 5.69 Å². The minimum absolute atomic E-state index is 0.0795. The van der Waals surface area contributed by atoms with E-state index in [2.05, 4.69) is 53.0 Å². The van der Waals surface area contributed by atoms with E-state index in [1.807, 2.05) is 26.2 Å². The number of carbonyl (C=O) groups is 1. The van der Waals surface area contributed by atoms with Gasteiger partial charge >= 0.3 is 0 Å². The Bertz CT molecular complexity index is 979. The minimum Gasteiger partial charge on any atom is -0.344 e. The molecule has 0 amide bonds. The van der Waals surface area contributed by atoms with E-state index < -0.39 is 0 Å². The van der Waals surface area contributed by atoms with Crippen molar-refractivity contribution in [3.8, 4) is 11.3 Å². The zero-order chi connectivity index (χ0) is 19.0. The lowest BCUT2D eigenvalue weighted by Gasteiger charge is -2.42. The molecule has 2 aromatic heterocycles. The summed E-state index contributed by atoms with van der Waals surface area (Å²) < 4.78 is 2.23. The highest BCUT2D eigenvalue weighted by Gasteiger charge is 2.43. The fraction of sp³-hybridized carbons (Fsp3) is 0.417. The van der Waals surface area contributed by atoms with Crippen LogP contribution in [0.1, 0.15) is 45.1 Å². The smallest absolute Gasteiger partial charge is 0.141 e. The Hall–Kier alpha value is -2.42. The molecule has 0 saturated heterocycles. The maximum atomic E-state index is 12.7. The normalized spacial score (nSPS) is 15.9. The van der Waals surface area contributed by atoms with Crippen molar-refractivity contribution in [2.75, 3.05) is 0 Å². The van der Waals surface area contributed by atoms with Crippen LogP contribution >= 0.6 is 0 Å². The van der Waals surface area contributed by atoms with E-state index in [0.717, 1.165) is 31.2 Å². The molecule has 0 spiro atoms. The zero-order valence-electron chi connectivity index (χ0n) is 16.5. The molecule has 1 saturated carbocycles. The van der Waals surface area contributed by atoms with Crippen LogP contribution in [0.25, 0.3) is 22.2 Å². The first-order valence-corrected chi connectivity index (χ1v) is 10.0. The molecule has 1 fully saturated rings. The summed E-state index contributed by atoms with van der Waals surface area (Å²) in [6, 6.07) is 12.9. The van der Waals surface area contributed by atoms with Crippen molar-refractivity contribution in [1.29, 1.82) is 0 Å². The Balaban J connectivity index is 1.58. The Morgan fingerprint density at radius 3 is 2.63 bits per heavy atom. The maximum absolute atomic E-state index is 12.7. The van der Waals surface area contributed by atoms with Gasteiger partial charge in [-0.1, -0.05) is 38.5 Å². The van der Waals surface area contributed by atoms with Crippen molar-refractivity contribution in [1.82, 2.24) is 9.55 Å². The van der Waals surface area contributed by atoms with Crippen molar-refractivity contribution in [2.45, 2.75) is 46.0 Å². The van der Waals surface area contributed by atoms with Gasteiger partial charge in [-0.25, -0.2) is 0 Å². The second-order valence-corrected chi connectivity index (χ2v) is 8.38. The molecule has 27 heavy (non-hydrogen) atoms. The van der Waals surface area contributed by atoms with Gasteiger partial charge in [0.25, 0.3) is 0 Å². The van der Waals surface area contributed by atoms with Crippen LogP contribution < -0.4 is 0 Å². The van der Waals surface area contributed by atoms with E-state index >= 15 is 0 Å². The molecule has 0 radical (unpaired) electrons. The summed E-state index contributed by atoms with van der Waals surface area (Å²) in [4.78, 5) is 17.2. The number of carbonyl (C=O) groups excluding carboxylic acids is 1. The maximum Gasteiger partial charge on any atom is 0.141 e. The summed E-state index contributed by atoms with van der Waals surface area (Å²) in [7, 11) is 2.11. The molecule has 0 bridgehead atoms. The number of benzene rings is 1. The van der Waals surface area contributed by atoms with Gasteiger partial charge in [0.1, 0.15) is 5.78 Å². The zero-order valence-corrected chi connectivity index (χ0v) is 16.5. The van der Waals surface area contributed by atoms with Crippen molar-refractivity contribution < 1.29 is 4.79 Å². The molecule has 0 atom stereocenters. The third-order valence-electron chi connectivity index (χ3n) is 6.29. The first-order chi connectivity index (χ1) is 13.0. The van der Waals surface area contributed by atoms with E-state index in [9.17, 15) is 4.79 Å². The third kappa shape index (κ3) is 3.20. The molecule has 1 aliphatic rings. The number of para-hydroxylation sites is 1. The monoisotopic (exact) mass is 360 g/mol. The van der Waals surface area contributed by atoms with Gasteiger partial charge in [-0.3, -0.25) is 9.78 Å². The molecule has 1 aliphatic carbocycles. The van der Waals surface area contributed by atoms with Crippen molar-refractivity contribution in [3.63, 3.8) is 0 Å². The SMILES string of the molecule is CC(C)C(=O)C1(CCc2cncc(-c3cc4ccccc4n3C)c2)CCC1. The van der Waals surface area contributed by atoms with Crippen molar-refractivity contribution in [2.24, 2.45) is 18.4 Å². The van der Waals surface area contributed by atoms with Gasteiger partial charge in [0, 0.05) is 47.2 Å². The average Bonchev–Trinajstić information content (AvgIpc) is 2.98. The highest BCUT2D eigenvalue weighted by Crippen LogP contribution is 2.47. The minimum atomic E-state index is -0.0795. The summed E-state index contributed by atoms with van der Waals surface area (Å²) in [5.41, 5.74) is 4.70. The van der Waals surface area contributed by atoms with Crippen LogP contribution in [0.3, 0.4) is 0 Å². The molecular weight excluding hydrogens is 332 g/mol. The van der Waals surface area contributed by atoms with Crippen molar-refractivity contribution in [3.05, 3.63) is 54.4 Å². The molecule has 1 aromatic carbocycles. The van der Waals surface area contributed by atoms with Gasteiger partial charge < -0.3 is 4.57 Å². The van der Waals surface area contributed by atoms with E-state index in [4.69, 9.17) is 0 Å². The average molecular weight is 361 g/mol. The number of pyridine rings is 1. The topological polar surface area (TPSA) is 34.9 Å². The predicted molar refractivity (Wildman–Crippen MR) is 111 cm³/mol. The number of rotatable bonds is 6. The molecule has 3 heteroatoms. The first-order valence-electron chi connectivity index (χ1n) is 10.0. The largest absolute Gasteiger partial charge is 0.344 e. The summed E-state index contributed by atoms with van der Waals surface area (Å²) >= 11 is 0. The number of hydrogen-bond acceptors (Lipinski definition) is 2. The lowest BCUT2D eigenvalue weighted by atomic mass is 9.61. The fourth-order valence-electron chi connectivity index (χ4n) is 4.55. The van der Waals surface area contributed by atoms with Gasteiger partial charge in [-0.05, 0) is 49.4 Å². The molecule has 140 valence electrons. The van der Waals surface area contributed by atoms with Gasteiger partial charge in [0.15, 0.2) is 0 Å². The molecule has 0 N–H and O–H groups in total. The number of hydrogen-bond donors (Lipinski definition) is 0. The lowest BCUT2D eigenvalue weighted by Crippen LogP contribution is -2.40. The molecule has 0 aliphatic heterocycles. The molecule has 4 rings (SSSR count). The van der Waals surface area contributed by atoms with Gasteiger partial charge in [-0.15, -0.1) is 0 Å². The van der Waals surface area contributed by atoms with Gasteiger partial charge in [-0.2, -0.15) is 0 Å². The third-order valence-corrected chi connectivity index (χ3v) is 6.29. The van der Waals surface area contributed by atoms with Crippen LogP contribution in [0.2, 0.25) is 0 Å². The highest BCUT2D eigenvalue weighted by molar-refractivity contribution is 5.87. The van der Waals surface area contributed by atoms with Crippen molar-refractivity contribution >= 4 is 16.7 Å². The Kier molecular flexibility index (Phi) is 4.63. The first kappa shape index (κ1) is 18.0. The summed E-state index contributed by atoms with van der Waals surface area (Å²) in [5, 5.41) is 1.25. The highest BCUT2D eigenvalue weighted by atomic mass is 16.1. The number of nitrogens with zero attached hydrogens (tertiary/aromatic N) is 2. The van der Waals surface area contributed by atoms with Crippen LogP contribution in [0.5, 0.6) is 0 Å². The number of aromatic nitrogens is 2. The summed E-state index contributed by atoms with van der Waals surface area (Å²) in [6.07, 6.45) is 9.06. The van der Waals surface area contributed by atoms with E-state index in [0.29, 0.717) is 5.78 Å². The van der Waals surface area contributed by atoms with E-state index in [1.54, 1.807) is 0 Å². The van der Waals surface area contributed by atoms with E-state index in [-0.39, 0.29) is 11.3 Å². The summed E-state index contributed by atoms with van der Waals surface area (Å²) in [5.74, 6) is 0.581. The molecular formula is C24H28N2O. The second-order valence-electron chi connectivity index (χ2n) is 8.38. The molecule has 0 unspecified atom stereocenters.